The van der Waals surface area contributed by atoms with E-state index in [9.17, 15) is 14.7 Å². The average Bonchev–Trinajstić information content (AvgIpc) is 3.39. The van der Waals surface area contributed by atoms with Gasteiger partial charge in [0.05, 0.1) is 12.2 Å². The van der Waals surface area contributed by atoms with E-state index in [1.165, 1.54) is 15.6 Å². The number of anilines is 1. The van der Waals surface area contributed by atoms with Crippen LogP contribution in [0.5, 0.6) is 0 Å². The average molecular weight is 544 g/mol. The quantitative estimate of drug-likeness (QED) is 0.338. The van der Waals surface area contributed by atoms with E-state index in [0.717, 1.165) is 55.8 Å². The van der Waals surface area contributed by atoms with Gasteiger partial charge in [-0.2, -0.15) is 10.1 Å². The normalized spacial score (nSPS) is 14.3. The van der Waals surface area contributed by atoms with E-state index in [-0.39, 0.29) is 12.1 Å². The van der Waals surface area contributed by atoms with Crippen molar-refractivity contribution in [2.45, 2.75) is 19.9 Å². The first-order valence-corrected chi connectivity index (χ1v) is 13.4. The zero-order valence-corrected chi connectivity index (χ0v) is 22.7. The monoisotopic (exact) mass is 543 g/mol. The molecule has 208 valence electrons. The van der Waals surface area contributed by atoms with Gasteiger partial charge < -0.3 is 19.4 Å². The SMILES string of the molecule is Cc1nc(-c2ccc(-c3ccc(=O)n(Cc4cccc(N(CCCN5CCN(C)CC5)C(=O)O)c4)n3)cc2)no1. The van der Waals surface area contributed by atoms with E-state index in [1.54, 1.807) is 19.1 Å². The number of rotatable bonds is 9. The molecule has 5 rings (SSSR count). The Morgan fingerprint density at radius 1 is 1.02 bits per heavy atom. The maximum atomic E-state index is 12.6. The molecule has 11 heteroatoms. The zero-order valence-electron chi connectivity index (χ0n) is 22.7. The minimum atomic E-state index is -0.993. The van der Waals surface area contributed by atoms with Crippen molar-refractivity contribution in [1.29, 1.82) is 0 Å². The second-order valence-electron chi connectivity index (χ2n) is 10.0. The standard InChI is InChI=1S/C29H33N7O4/c1-21-30-28(32-40-21)24-9-7-23(8-10-24)26-11-12-27(37)36(31-26)20-22-5-3-6-25(19-22)35(29(38)39)14-4-13-34-17-15-33(2)16-18-34/h3,5-12,19H,4,13-18,20H2,1-2H3,(H,38,39). The molecule has 0 radical (unpaired) electrons. The smallest absolute Gasteiger partial charge is 0.411 e. The summed E-state index contributed by atoms with van der Waals surface area (Å²) in [6.45, 7) is 7.29. The van der Waals surface area contributed by atoms with Crippen LogP contribution < -0.4 is 10.5 Å². The van der Waals surface area contributed by atoms with Gasteiger partial charge in [0.1, 0.15) is 0 Å². The highest BCUT2D eigenvalue weighted by molar-refractivity contribution is 5.86. The van der Waals surface area contributed by atoms with Gasteiger partial charge in [-0.25, -0.2) is 9.48 Å². The second kappa shape index (κ2) is 12.2. The first kappa shape index (κ1) is 27.2. The number of aromatic nitrogens is 4. The fourth-order valence-corrected chi connectivity index (χ4v) is 4.78. The van der Waals surface area contributed by atoms with E-state index in [1.807, 2.05) is 42.5 Å². The van der Waals surface area contributed by atoms with Gasteiger partial charge >= 0.3 is 6.09 Å². The predicted molar refractivity (Wildman–Crippen MR) is 151 cm³/mol. The summed E-state index contributed by atoms with van der Waals surface area (Å²) in [7, 11) is 2.12. The number of benzene rings is 2. The number of piperazine rings is 1. The van der Waals surface area contributed by atoms with E-state index in [0.29, 0.717) is 29.6 Å². The lowest BCUT2D eigenvalue weighted by Gasteiger charge is -2.32. The summed E-state index contributed by atoms with van der Waals surface area (Å²) in [5.74, 6) is 1.01. The Morgan fingerprint density at radius 2 is 1.77 bits per heavy atom. The number of carbonyl (C=O) groups is 1. The van der Waals surface area contributed by atoms with E-state index >= 15 is 0 Å². The van der Waals surface area contributed by atoms with Crippen LogP contribution in [-0.2, 0) is 6.54 Å². The molecule has 0 atom stereocenters. The van der Waals surface area contributed by atoms with Gasteiger partial charge in [0, 0.05) is 62.5 Å². The zero-order chi connectivity index (χ0) is 28.1. The van der Waals surface area contributed by atoms with Gasteiger partial charge in [0.2, 0.25) is 11.7 Å². The number of nitrogens with zero attached hydrogens (tertiary/aromatic N) is 7. The van der Waals surface area contributed by atoms with Gasteiger partial charge in [-0.15, -0.1) is 0 Å². The second-order valence-corrected chi connectivity index (χ2v) is 10.0. The van der Waals surface area contributed by atoms with Gasteiger partial charge in [0.25, 0.3) is 5.56 Å². The maximum Gasteiger partial charge on any atom is 0.411 e. The Balaban J connectivity index is 1.27. The van der Waals surface area contributed by atoms with Crippen LogP contribution in [0.15, 0.2) is 70.0 Å². The number of likely N-dealkylation sites (N-methyl/N-ethyl adjacent to an activating group) is 1. The van der Waals surface area contributed by atoms with Crippen LogP contribution in [0.1, 0.15) is 17.9 Å². The molecular formula is C29H33N7O4. The fraction of sp³-hybridized carbons (Fsp3) is 0.345. The van der Waals surface area contributed by atoms with Crippen molar-refractivity contribution in [1.82, 2.24) is 29.7 Å². The Kier molecular flexibility index (Phi) is 8.32. The van der Waals surface area contributed by atoms with E-state index in [4.69, 9.17) is 4.52 Å². The Morgan fingerprint density at radius 3 is 2.48 bits per heavy atom. The minimum Gasteiger partial charge on any atom is -0.465 e. The third-order valence-corrected chi connectivity index (χ3v) is 7.07. The van der Waals surface area contributed by atoms with E-state index < -0.39 is 6.09 Å². The van der Waals surface area contributed by atoms with Crippen molar-refractivity contribution in [3.05, 3.63) is 82.5 Å². The van der Waals surface area contributed by atoms with Crippen LogP contribution in [0, 0.1) is 6.92 Å². The van der Waals surface area contributed by atoms with Crippen LogP contribution in [0.3, 0.4) is 0 Å². The molecule has 1 aliphatic rings. The van der Waals surface area contributed by atoms with Gasteiger partial charge in [0.15, 0.2) is 0 Å². The van der Waals surface area contributed by atoms with Crippen molar-refractivity contribution in [3.63, 3.8) is 0 Å². The number of aryl methyl sites for hydroxylation is 1. The molecule has 2 aromatic carbocycles. The predicted octanol–water partition coefficient (Wildman–Crippen LogP) is 3.44. The van der Waals surface area contributed by atoms with Gasteiger partial charge in [-0.05, 0) is 43.8 Å². The third-order valence-electron chi connectivity index (χ3n) is 7.07. The van der Waals surface area contributed by atoms with Crippen molar-refractivity contribution in [2.24, 2.45) is 0 Å². The third kappa shape index (κ3) is 6.61. The lowest BCUT2D eigenvalue weighted by Crippen LogP contribution is -2.45. The molecule has 0 bridgehead atoms. The fourth-order valence-electron chi connectivity index (χ4n) is 4.78. The largest absolute Gasteiger partial charge is 0.465 e. The summed E-state index contributed by atoms with van der Waals surface area (Å²) >= 11 is 0. The maximum absolute atomic E-state index is 12.6. The Labute approximate surface area is 232 Å². The molecule has 1 saturated heterocycles. The lowest BCUT2D eigenvalue weighted by molar-refractivity contribution is 0.153. The van der Waals surface area contributed by atoms with Gasteiger partial charge in [-0.3, -0.25) is 9.69 Å². The summed E-state index contributed by atoms with van der Waals surface area (Å²) in [4.78, 5) is 35.0. The van der Waals surface area contributed by atoms with E-state index in [2.05, 4.69) is 32.1 Å². The van der Waals surface area contributed by atoms with Crippen LogP contribution in [-0.4, -0.2) is 87.2 Å². The summed E-state index contributed by atoms with van der Waals surface area (Å²) in [5.41, 5.74) is 3.43. The number of amides is 1. The molecule has 1 N–H and O–H groups in total. The van der Waals surface area contributed by atoms with Crippen LogP contribution in [0.4, 0.5) is 10.5 Å². The summed E-state index contributed by atoms with van der Waals surface area (Å²) in [6, 6.07) is 18.0. The highest BCUT2D eigenvalue weighted by Crippen LogP contribution is 2.22. The first-order valence-electron chi connectivity index (χ1n) is 13.4. The summed E-state index contributed by atoms with van der Waals surface area (Å²) in [5, 5.41) is 18.4. The molecule has 1 fully saturated rings. The van der Waals surface area contributed by atoms with Crippen molar-refractivity contribution >= 4 is 11.8 Å². The van der Waals surface area contributed by atoms with Gasteiger partial charge in [-0.1, -0.05) is 41.6 Å². The summed E-state index contributed by atoms with van der Waals surface area (Å²) < 4.78 is 6.44. The molecule has 40 heavy (non-hydrogen) atoms. The topological polar surface area (TPSA) is 121 Å². The summed E-state index contributed by atoms with van der Waals surface area (Å²) in [6.07, 6.45) is -0.249. The molecular weight excluding hydrogens is 510 g/mol. The molecule has 4 aromatic rings. The van der Waals surface area contributed by atoms with Crippen LogP contribution in [0.2, 0.25) is 0 Å². The highest BCUT2D eigenvalue weighted by atomic mass is 16.5. The number of hydrogen-bond donors (Lipinski definition) is 1. The molecule has 0 unspecified atom stereocenters. The lowest BCUT2D eigenvalue weighted by atomic mass is 10.1. The van der Waals surface area contributed by atoms with Crippen molar-refractivity contribution in [3.8, 4) is 22.6 Å². The number of carboxylic acid groups (broad SMARTS) is 1. The molecule has 3 heterocycles. The van der Waals surface area contributed by atoms with Crippen molar-refractivity contribution < 1.29 is 14.4 Å². The highest BCUT2D eigenvalue weighted by Gasteiger charge is 2.18. The molecule has 0 spiro atoms. The Hall–Kier alpha value is -4.35. The molecule has 0 saturated carbocycles. The molecule has 1 amide bonds. The van der Waals surface area contributed by atoms with Crippen molar-refractivity contribution in [2.75, 3.05) is 51.2 Å². The minimum absolute atomic E-state index is 0.218. The Bertz CT molecular complexity index is 1510. The molecule has 1 aliphatic heterocycles. The molecule has 11 nitrogen and oxygen atoms in total. The van der Waals surface area contributed by atoms with Crippen LogP contribution in [0.25, 0.3) is 22.6 Å². The van der Waals surface area contributed by atoms with Crippen LogP contribution >= 0.6 is 0 Å². The molecule has 0 aliphatic carbocycles. The molecule has 2 aromatic heterocycles. The first-order chi connectivity index (χ1) is 19.4. The number of hydrogen-bond acceptors (Lipinski definition) is 8.